The lowest BCUT2D eigenvalue weighted by molar-refractivity contribution is 0.419. The quantitative estimate of drug-likeness (QED) is 0.822. The third kappa shape index (κ3) is 1.57. The van der Waals surface area contributed by atoms with Gasteiger partial charge >= 0.3 is 0 Å². The maximum Gasteiger partial charge on any atom is 0.130 e. The lowest BCUT2D eigenvalue weighted by Gasteiger charge is -2.02. The molecule has 1 heterocycles. The predicted octanol–water partition coefficient (Wildman–Crippen LogP) is 1.31. The molecule has 15 heavy (non-hydrogen) atoms. The first kappa shape index (κ1) is 9.98. The zero-order valence-corrected chi connectivity index (χ0v) is 9.03. The fourth-order valence-electron chi connectivity index (χ4n) is 1.81. The zero-order chi connectivity index (χ0) is 10.8. The Hall–Kier alpha value is -1.55. The van der Waals surface area contributed by atoms with Gasteiger partial charge in [0.05, 0.1) is 24.6 Å². The van der Waals surface area contributed by atoms with Crippen LogP contribution in [-0.2, 0) is 6.54 Å². The smallest absolute Gasteiger partial charge is 0.130 e. The Bertz CT molecular complexity index is 476. The van der Waals surface area contributed by atoms with Gasteiger partial charge in [-0.15, -0.1) is 0 Å². The van der Waals surface area contributed by atoms with E-state index in [9.17, 15) is 0 Å². The molecule has 0 fully saturated rings. The summed E-state index contributed by atoms with van der Waals surface area (Å²) in [5.74, 6) is 0.869. The molecule has 1 aromatic carbocycles. The Morgan fingerprint density at radius 1 is 1.47 bits per heavy atom. The molecule has 2 N–H and O–H groups in total. The summed E-state index contributed by atoms with van der Waals surface area (Å²) in [6.07, 6.45) is 0. The summed E-state index contributed by atoms with van der Waals surface area (Å²) in [4.78, 5) is 0. The molecular formula is C11H15N3O. The number of methoxy groups -OCH3 is 1. The van der Waals surface area contributed by atoms with Crippen molar-refractivity contribution in [2.75, 3.05) is 13.7 Å². The highest BCUT2D eigenvalue weighted by Gasteiger charge is 2.10. The molecule has 0 aliphatic heterocycles. The van der Waals surface area contributed by atoms with E-state index in [0.29, 0.717) is 6.54 Å². The molecule has 0 unspecified atom stereocenters. The van der Waals surface area contributed by atoms with Gasteiger partial charge in [0, 0.05) is 12.2 Å². The van der Waals surface area contributed by atoms with Crippen molar-refractivity contribution in [3.63, 3.8) is 0 Å². The van der Waals surface area contributed by atoms with Gasteiger partial charge < -0.3 is 10.5 Å². The van der Waals surface area contributed by atoms with Crippen molar-refractivity contribution in [1.29, 1.82) is 0 Å². The maximum absolute atomic E-state index is 5.53. The molecule has 0 bridgehead atoms. The molecular weight excluding hydrogens is 190 g/mol. The van der Waals surface area contributed by atoms with Crippen molar-refractivity contribution in [2.45, 2.75) is 13.5 Å². The molecule has 0 saturated carbocycles. The monoisotopic (exact) mass is 205 g/mol. The highest BCUT2D eigenvalue weighted by molar-refractivity contribution is 5.87. The highest BCUT2D eigenvalue weighted by atomic mass is 16.5. The van der Waals surface area contributed by atoms with Gasteiger partial charge in [0.15, 0.2) is 0 Å². The molecule has 0 atom stereocenters. The molecule has 4 nitrogen and oxygen atoms in total. The van der Waals surface area contributed by atoms with Gasteiger partial charge in [-0.25, -0.2) is 0 Å². The third-order valence-electron chi connectivity index (χ3n) is 2.54. The average molecular weight is 205 g/mol. The molecule has 0 spiro atoms. The van der Waals surface area contributed by atoms with Crippen LogP contribution in [0, 0.1) is 6.92 Å². The van der Waals surface area contributed by atoms with E-state index >= 15 is 0 Å². The molecule has 80 valence electrons. The number of aromatic nitrogens is 2. The topological polar surface area (TPSA) is 53.1 Å². The Morgan fingerprint density at radius 3 is 2.93 bits per heavy atom. The first-order chi connectivity index (χ1) is 7.27. The van der Waals surface area contributed by atoms with Gasteiger partial charge in [0.2, 0.25) is 0 Å². The predicted molar refractivity (Wildman–Crippen MR) is 60.1 cm³/mol. The average Bonchev–Trinajstić information content (AvgIpc) is 2.57. The van der Waals surface area contributed by atoms with Crippen LogP contribution >= 0.6 is 0 Å². The lowest BCUT2D eigenvalue weighted by Crippen LogP contribution is -2.12. The van der Waals surface area contributed by atoms with E-state index in [-0.39, 0.29) is 0 Å². The van der Waals surface area contributed by atoms with Crippen LogP contribution in [0.4, 0.5) is 0 Å². The Kier molecular flexibility index (Phi) is 2.60. The SMILES string of the molecule is COc1cccc2nn(CCN)c(C)c12. The van der Waals surface area contributed by atoms with Crippen LogP contribution < -0.4 is 10.5 Å². The second-order valence-electron chi connectivity index (χ2n) is 3.45. The van der Waals surface area contributed by atoms with Gasteiger partial charge in [-0.05, 0) is 19.1 Å². The first-order valence-corrected chi connectivity index (χ1v) is 4.98. The second kappa shape index (κ2) is 3.90. The summed E-state index contributed by atoms with van der Waals surface area (Å²) >= 11 is 0. The Balaban J connectivity index is 2.65. The largest absolute Gasteiger partial charge is 0.496 e. The van der Waals surface area contributed by atoms with Crippen LogP contribution in [-0.4, -0.2) is 23.4 Å². The normalized spacial score (nSPS) is 10.9. The van der Waals surface area contributed by atoms with Gasteiger partial charge in [-0.1, -0.05) is 6.07 Å². The number of nitrogens with zero attached hydrogens (tertiary/aromatic N) is 2. The van der Waals surface area contributed by atoms with E-state index in [1.807, 2.05) is 29.8 Å². The molecule has 2 aromatic rings. The number of hydrogen-bond acceptors (Lipinski definition) is 3. The molecule has 1 aromatic heterocycles. The summed E-state index contributed by atoms with van der Waals surface area (Å²) in [5, 5.41) is 5.54. The minimum absolute atomic E-state index is 0.594. The van der Waals surface area contributed by atoms with E-state index in [0.717, 1.165) is 28.9 Å². The number of rotatable bonds is 3. The molecule has 0 saturated heterocycles. The van der Waals surface area contributed by atoms with Crippen molar-refractivity contribution < 1.29 is 4.74 Å². The molecule has 0 aliphatic carbocycles. The summed E-state index contributed by atoms with van der Waals surface area (Å²) in [5.41, 5.74) is 7.59. The van der Waals surface area contributed by atoms with Crippen molar-refractivity contribution in [1.82, 2.24) is 9.78 Å². The fourth-order valence-corrected chi connectivity index (χ4v) is 1.81. The van der Waals surface area contributed by atoms with E-state index < -0.39 is 0 Å². The number of fused-ring (bicyclic) bond motifs is 1. The molecule has 2 rings (SSSR count). The lowest BCUT2D eigenvalue weighted by atomic mass is 10.2. The number of hydrogen-bond donors (Lipinski definition) is 1. The van der Waals surface area contributed by atoms with Gasteiger partial charge in [0.1, 0.15) is 5.75 Å². The van der Waals surface area contributed by atoms with Crippen LogP contribution in [0.15, 0.2) is 18.2 Å². The summed E-state index contributed by atoms with van der Waals surface area (Å²) in [6, 6.07) is 5.88. The molecule has 0 amide bonds. The third-order valence-corrected chi connectivity index (χ3v) is 2.54. The summed E-state index contributed by atoms with van der Waals surface area (Å²) in [6.45, 7) is 3.37. The highest BCUT2D eigenvalue weighted by Crippen LogP contribution is 2.27. The van der Waals surface area contributed by atoms with Crippen LogP contribution in [0.3, 0.4) is 0 Å². The molecule has 4 heteroatoms. The summed E-state index contributed by atoms with van der Waals surface area (Å²) < 4.78 is 7.24. The van der Waals surface area contributed by atoms with E-state index in [1.165, 1.54) is 0 Å². The Morgan fingerprint density at radius 2 is 2.27 bits per heavy atom. The van der Waals surface area contributed by atoms with Crippen molar-refractivity contribution in [3.05, 3.63) is 23.9 Å². The minimum Gasteiger partial charge on any atom is -0.496 e. The zero-order valence-electron chi connectivity index (χ0n) is 9.03. The van der Waals surface area contributed by atoms with Gasteiger partial charge in [-0.3, -0.25) is 4.68 Å². The van der Waals surface area contributed by atoms with Gasteiger partial charge in [-0.2, -0.15) is 5.10 Å². The van der Waals surface area contributed by atoms with Crippen molar-refractivity contribution in [2.24, 2.45) is 5.73 Å². The standard InChI is InChI=1S/C11H15N3O/c1-8-11-9(13-14(8)7-6-12)4-3-5-10(11)15-2/h3-5H,6-7,12H2,1-2H3. The molecule has 0 aliphatic rings. The van der Waals surface area contributed by atoms with Gasteiger partial charge in [0.25, 0.3) is 0 Å². The van der Waals surface area contributed by atoms with Crippen LogP contribution in [0.2, 0.25) is 0 Å². The van der Waals surface area contributed by atoms with Crippen LogP contribution in [0.1, 0.15) is 5.69 Å². The van der Waals surface area contributed by atoms with E-state index in [1.54, 1.807) is 7.11 Å². The number of aryl methyl sites for hydroxylation is 1. The summed E-state index contributed by atoms with van der Waals surface area (Å²) in [7, 11) is 1.68. The van der Waals surface area contributed by atoms with E-state index in [4.69, 9.17) is 10.5 Å². The molecule has 0 radical (unpaired) electrons. The van der Waals surface area contributed by atoms with Crippen molar-refractivity contribution >= 4 is 10.9 Å². The number of ether oxygens (including phenoxy) is 1. The maximum atomic E-state index is 5.53. The fraction of sp³-hybridized carbons (Fsp3) is 0.364. The minimum atomic E-state index is 0.594. The second-order valence-corrected chi connectivity index (χ2v) is 3.45. The number of benzene rings is 1. The first-order valence-electron chi connectivity index (χ1n) is 4.98. The van der Waals surface area contributed by atoms with Crippen molar-refractivity contribution in [3.8, 4) is 5.75 Å². The van der Waals surface area contributed by atoms with E-state index in [2.05, 4.69) is 5.10 Å². The van der Waals surface area contributed by atoms with Crippen LogP contribution in [0.25, 0.3) is 10.9 Å². The van der Waals surface area contributed by atoms with Crippen LogP contribution in [0.5, 0.6) is 5.75 Å². The Labute approximate surface area is 88.6 Å². The number of nitrogens with two attached hydrogens (primary N) is 1.